The molecule has 6 nitrogen and oxygen atoms in total. The van der Waals surface area contributed by atoms with Gasteiger partial charge in [0.2, 0.25) is 0 Å². The van der Waals surface area contributed by atoms with Crippen LogP contribution in [0.15, 0.2) is 23.1 Å². The van der Waals surface area contributed by atoms with Crippen LogP contribution in [0.25, 0.3) is 0 Å². The molecule has 1 amide bonds. The fourth-order valence-electron chi connectivity index (χ4n) is 2.92. The zero-order valence-corrected chi connectivity index (χ0v) is 14.1. The molecule has 0 bridgehead atoms. The molecule has 1 saturated heterocycles. The number of rotatable bonds is 7. The van der Waals surface area contributed by atoms with Crippen molar-refractivity contribution in [1.29, 1.82) is 0 Å². The molecule has 0 aromatic carbocycles. The molecule has 0 saturated carbocycles. The molecule has 0 unspecified atom stereocenters. The van der Waals surface area contributed by atoms with E-state index in [4.69, 9.17) is 4.74 Å². The summed E-state index contributed by atoms with van der Waals surface area (Å²) in [4.78, 5) is 26.1. The van der Waals surface area contributed by atoms with Gasteiger partial charge in [-0.2, -0.15) is 0 Å². The molecule has 1 aliphatic rings. The highest BCUT2D eigenvalue weighted by molar-refractivity contribution is 5.77. The van der Waals surface area contributed by atoms with Crippen LogP contribution in [0.4, 0.5) is 0 Å². The summed E-state index contributed by atoms with van der Waals surface area (Å²) in [6.07, 6.45) is 3.96. The molecule has 2 heterocycles. The Balaban J connectivity index is 1.98. The van der Waals surface area contributed by atoms with E-state index in [1.807, 2.05) is 13.8 Å². The quantitative estimate of drug-likeness (QED) is 0.817. The van der Waals surface area contributed by atoms with Gasteiger partial charge in [-0.1, -0.05) is 0 Å². The molecule has 2 rings (SSSR count). The predicted octanol–water partition coefficient (Wildman–Crippen LogP) is 1.10. The van der Waals surface area contributed by atoms with Gasteiger partial charge in [0.15, 0.2) is 12.4 Å². The van der Waals surface area contributed by atoms with E-state index in [-0.39, 0.29) is 23.8 Å². The third-order valence-electron chi connectivity index (χ3n) is 4.37. The first-order valence-corrected chi connectivity index (χ1v) is 8.46. The second kappa shape index (κ2) is 8.72. The predicted molar refractivity (Wildman–Crippen MR) is 89.7 cm³/mol. The average molecular weight is 321 g/mol. The highest BCUT2D eigenvalue weighted by atomic mass is 16.5. The molecule has 23 heavy (non-hydrogen) atoms. The fourth-order valence-corrected chi connectivity index (χ4v) is 2.92. The summed E-state index contributed by atoms with van der Waals surface area (Å²) in [5.74, 6) is 0.673. The van der Waals surface area contributed by atoms with Crippen LogP contribution in [0.2, 0.25) is 0 Å². The number of nitrogens with zero attached hydrogens (tertiary/aromatic N) is 2. The summed E-state index contributed by atoms with van der Waals surface area (Å²) in [5, 5.41) is 3.33. The molecular formula is C17H27N3O3. The summed E-state index contributed by atoms with van der Waals surface area (Å²) >= 11 is 0. The van der Waals surface area contributed by atoms with Crippen LogP contribution in [0.1, 0.15) is 26.7 Å². The van der Waals surface area contributed by atoms with Crippen molar-refractivity contribution >= 4 is 5.91 Å². The van der Waals surface area contributed by atoms with Crippen LogP contribution < -0.4 is 15.6 Å². The number of pyridine rings is 1. The number of nitrogens with one attached hydrogen (secondary N) is 1. The van der Waals surface area contributed by atoms with Gasteiger partial charge in [0.25, 0.3) is 11.5 Å². The minimum absolute atomic E-state index is 0.0890. The lowest BCUT2D eigenvalue weighted by atomic mass is 9.98. The molecule has 1 aromatic rings. The maximum Gasteiger partial charge on any atom is 0.292 e. The van der Waals surface area contributed by atoms with Crippen LogP contribution >= 0.6 is 0 Å². The zero-order chi connectivity index (χ0) is 16.7. The van der Waals surface area contributed by atoms with E-state index in [0.29, 0.717) is 25.6 Å². The topological polar surface area (TPSA) is 63.6 Å². The van der Waals surface area contributed by atoms with Gasteiger partial charge in [0.05, 0.1) is 0 Å². The van der Waals surface area contributed by atoms with Gasteiger partial charge >= 0.3 is 0 Å². The van der Waals surface area contributed by atoms with Gasteiger partial charge in [-0.05, 0) is 57.8 Å². The Hall–Kier alpha value is -1.82. The molecule has 128 valence electrons. The van der Waals surface area contributed by atoms with E-state index in [1.54, 1.807) is 27.8 Å². The molecule has 0 radical (unpaired) electrons. The second-order valence-corrected chi connectivity index (χ2v) is 5.88. The lowest BCUT2D eigenvalue weighted by molar-refractivity contribution is -0.133. The number of carbonyl (C=O) groups excluding carboxylic acids is 1. The summed E-state index contributed by atoms with van der Waals surface area (Å²) in [6, 6.07) is 3.44. The number of hydrogen-bond acceptors (Lipinski definition) is 4. The van der Waals surface area contributed by atoms with Crippen LogP contribution in [0.5, 0.6) is 5.75 Å². The first-order valence-electron chi connectivity index (χ1n) is 8.46. The Morgan fingerprint density at radius 1 is 1.35 bits per heavy atom. The zero-order valence-electron chi connectivity index (χ0n) is 14.1. The summed E-state index contributed by atoms with van der Waals surface area (Å²) in [5.41, 5.74) is -0.154. The van der Waals surface area contributed by atoms with Crippen LogP contribution in [0.3, 0.4) is 0 Å². The number of carbonyl (C=O) groups is 1. The fraction of sp³-hybridized carbons (Fsp3) is 0.647. The first-order chi connectivity index (χ1) is 11.2. The number of hydrogen-bond donors (Lipinski definition) is 1. The van der Waals surface area contributed by atoms with Crippen molar-refractivity contribution < 1.29 is 9.53 Å². The van der Waals surface area contributed by atoms with Crippen molar-refractivity contribution in [3.05, 3.63) is 28.7 Å². The van der Waals surface area contributed by atoms with Gasteiger partial charge in [-0.3, -0.25) is 9.59 Å². The largest absolute Gasteiger partial charge is 0.478 e. The molecular weight excluding hydrogens is 294 g/mol. The highest BCUT2D eigenvalue weighted by Crippen LogP contribution is 2.14. The number of amides is 1. The Kier molecular flexibility index (Phi) is 6.65. The molecule has 1 aliphatic heterocycles. The summed E-state index contributed by atoms with van der Waals surface area (Å²) in [6.45, 7) is 7.78. The highest BCUT2D eigenvalue weighted by Gasteiger charge is 2.16. The Morgan fingerprint density at radius 3 is 2.70 bits per heavy atom. The Bertz CT molecular complexity index is 560. The standard InChI is InChI=1S/C17H27N3O3/c1-3-19(4-2)16(21)13-23-15-6-5-11-20(17(15)22)12-14-7-9-18-10-8-14/h5-6,11,14,18H,3-4,7-10,12-13H2,1-2H3. The first kappa shape index (κ1) is 17.5. The number of ether oxygens (including phenoxy) is 1. The van der Waals surface area contributed by atoms with Crippen molar-refractivity contribution in [2.75, 3.05) is 32.8 Å². The van der Waals surface area contributed by atoms with Crippen molar-refractivity contribution in [3.8, 4) is 5.75 Å². The lowest BCUT2D eigenvalue weighted by Crippen LogP contribution is -2.36. The molecule has 1 fully saturated rings. The van der Waals surface area contributed by atoms with Crippen molar-refractivity contribution in [1.82, 2.24) is 14.8 Å². The van der Waals surface area contributed by atoms with E-state index >= 15 is 0 Å². The van der Waals surface area contributed by atoms with Gasteiger partial charge < -0.3 is 19.5 Å². The average Bonchev–Trinajstić information content (AvgIpc) is 2.58. The van der Waals surface area contributed by atoms with Gasteiger partial charge in [0, 0.05) is 25.8 Å². The third-order valence-corrected chi connectivity index (χ3v) is 4.37. The van der Waals surface area contributed by atoms with E-state index < -0.39 is 0 Å². The van der Waals surface area contributed by atoms with Crippen molar-refractivity contribution in [2.24, 2.45) is 5.92 Å². The molecule has 1 aromatic heterocycles. The van der Waals surface area contributed by atoms with E-state index in [2.05, 4.69) is 5.32 Å². The molecule has 0 atom stereocenters. The van der Waals surface area contributed by atoms with Crippen LogP contribution in [-0.2, 0) is 11.3 Å². The number of aromatic nitrogens is 1. The second-order valence-electron chi connectivity index (χ2n) is 5.88. The lowest BCUT2D eigenvalue weighted by Gasteiger charge is -2.23. The molecule has 0 aliphatic carbocycles. The summed E-state index contributed by atoms with van der Waals surface area (Å²) < 4.78 is 7.18. The van der Waals surface area contributed by atoms with E-state index in [9.17, 15) is 9.59 Å². The van der Waals surface area contributed by atoms with Crippen LogP contribution in [0, 0.1) is 5.92 Å². The number of piperidine rings is 1. The van der Waals surface area contributed by atoms with Crippen LogP contribution in [-0.4, -0.2) is 48.2 Å². The van der Waals surface area contributed by atoms with E-state index in [0.717, 1.165) is 25.9 Å². The van der Waals surface area contributed by atoms with Gasteiger partial charge in [-0.15, -0.1) is 0 Å². The minimum Gasteiger partial charge on any atom is -0.478 e. The molecule has 0 spiro atoms. The SMILES string of the molecule is CCN(CC)C(=O)COc1cccn(CC2CCNCC2)c1=O. The molecule has 1 N–H and O–H groups in total. The smallest absolute Gasteiger partial charge is 0.292 e. The number of likely N-dealkylation sites (N-methyl/N-ethyl adjacent to an activating group) is 1. The minimum atomic E-state index is -0.154. The van der Waals surface area contributed by atoms with Gasteiger partial charge in [0.1, 0.15) is 0 Å². The van der Waals surface area contributed by atoms with Crippen molar-refractivity contribution in [2.45, 2.75) is 33.2 Å². The maximum atomic E-state index is 12.5. The van der Waals surface area contributed by atoms with E-state index in [1.165, 1.54) is 0 Å². The summed E-state index contributed by atoms with van der Waals surface area (Å²) in [7, 11) is 0. The molecule has 6 heteroatoms. The Morgan fingerprint density at radius 2 is 2.04 bits per heavy atom. The maximum absolute atomic E-state index is 12.5. The van der Waals surface area contributed by atoms with Gasteiger partial charge in [-0.25, -0.2) is 0 Å². The van der Waals surface area contributed by atoms with Crippen molar-refractivity contribution in [3.63, 3.8) is 0 Å². The monoisotopic (exact) mass is 321 g/mol. The Labute approximate surface area is 137 Å². The third kappa shape index (κ3) is 4.82. The normalized spacial score (nSPS) is 15.4.